The zero-order valence-corrected chi connectivity index (χ0v) is 20.8. The maximum Gasteiger partial charge on any atom is 0.256 e. The highest BCUT2D eigenvalue weighted by molar-refractivity contribution is 7.89. The molecule has 0 radical (unpaired) electrons. The van der Waals surface area contributed by atoms with Crippen LogP contribution in [0.4, 0.5) is 0 Å². The number of amides is 2. The average Bonchev–Trinajstić information content (AvgIpc) is 3.00. The minimum atomic E-state index is -3.67. The largest absolute Gasteiger partial charge is 0.339 e. The first-order valence-electron chi connectivity index (χ1n) is 11.4. The number of rotatable bonds is 10. The van der Waals surface area contributed by atoms with Gasteiger partial charge in [0.1, 0.15) is 17.3 Å². The Morgan fingerprint density at radius 1 is 1.27 bits per heavy atom. The molecule has 2 aliphatic rings. The van der Waals surface area contributed by atoms with Crippen molar-refractivity contribution >= 4 is 27.5 Å². The van der Waals surface area contributed by atoms with E-state index in [1.54, 1.807) is 30.9 Å². The lowest BCUT2D eigenvalue weighted by molar-refractivity contribution is -0.140. The summed E-state index contributed by atoms with van der Waals surface area (Å²) >= 11 is 0. The summed E-state index contributed by atoms with van der Waals surface area (Å²) in [4.78, 5) is 30.0. The summed E-state index contributed by atoms with van der Waals surface area (Å²) in [5.74, 6) is -0.599. The Labute approximate surface area is 196 Å². The van der Waals surface area contributed by atoms with Crippen molar-refractivity contribution in [1.82, 2.24) is 19.5 Å². The smallest absolute Gasteiger partial charge is 0.256 e. The fraction of sp³-hybridized carbons (Fsp3) is 0.609. The summed E-state index contributed by atoms with van der Waals surface area (Å²) in [5, 5.41) is 5.86. The summed E-state index contributed by atoms with van der Waals surface area (Å²) in [6, 6.07) is 8.87. The lowest BCUT2D eigenvalue weighted by Gasteiger charge is -2.40. The highest BCUT2D eigenvalue weighted by atomic mass is 32.2. The molecule has 0 spiro atoms. The van der Waals surface area contributed by atoms with Crippen LogP contribution in [0.15, 0.2) is 35.4 Å². The van der Waals surface area contributed by atoms with Crippen LogP contribution in [0.2, 0.25) is 0 Å². The van der Waals surface area contributed by atoms with Gasteiger partial charge in [0.2, 0.25) is 15.9 Å². The lowest BCUT2D eigenvalue weighted by Crippen LogP contribution is -2.59. The van der Waals surface area contributed by atoms with Crippen LogP contribution in [-0.4, -0.2) is 86.9 Å². The summed E-state index contributed by atoms with van der Waals surface area (Å²) in [6.07, 6.45) is 2.92. The summed E-state index contributed by atoms with van der Waals surface area (Å²) in [7, 11) is 1.32. The van der Waals surface area contributed by atoms with Crippen molar-refractivity contribution in [2.45, 2.75) is 45.1 Å². The van der Waals surface area contributed by atoms with E-state index in [0.29, 0.717) is 25.8 Å². The number of nitrogens with one attached hydrogen (secondary N) is 1. The molecule has 33 heavy (non-hydrogen) atoms. The molecule has 1 fully saturated rings. The van der Waals surface area contributed by atoms with Crippen molar-refractivity contribution < 1.29 is 18.0 Å². The van der Waals surface area contributed by atoms with E-state index >= 15 is 0 Å². The Bertz CT molecular complexity index is 995. The quantitative estimate of drug-likeness (QED) is 0.547. The van der Waals surface area contributed by atoms with E-state index in [9.17, 15) is 18.0 Å². The molecule has 2 heterocycles. The Balaban J connectivity index is 1.86. The molecule has 0 aliphatic carbocycles. The third-order valence-corrected chi connectivity index (χ3v) is 7.66. The van der Waals surface area contributed by atoms with E-state index in [0.717, 1.165) is 24.1 Å². The second-order valence-corrected chi connectivity index (χ2v) is 11.0. The molecule has 9 nitrogen and oxygen atoms in total. The van der Waals surface area contributed by atoms with Crippen LogP contribution < -0.4 is 4.72 Å². The molecule has 10 heteroatoms. The van der Waals surface area contributed by atoms with Crippen LogP contribution in [0.25, 0.3) is 0 Å². The van der Waals surface area contributed by atoms with Gasteiger partial charge < -0.3 is 4.90 Å². The van der Waals surface area contributed by atoms with E-state index in [1.165, 1.54) is 5.01 Å². The normalized spacial score (nSPS) is 21.8. The molecule has 0 aromatic heterocycles. The highest BCUT2D eigenvalue weighted by Gasteiger charge is 2.53. The van der Waals surface area contributed by atoms with Gasteiger partial charge in [0.05, 0.1) is 5.71 Å². The Morgan fingerprint density at radius 2 is 1.97 bits per heavy atom. The van der Waals surface area contributed by atoms with Crippen LogP contribution in [0.1, 0.15) is 38.2 Å². The van der Waals surface area contributed by atoms with E-state index in [-0.39, 0.29) is 24.2 Å². The van der Waals surface area contributed by atoms with Gasteiger partial charge in [0, 0.05) is 26.6 Å². The number of fused-ring (bicyclic) bond motifs is 1. The molecule has 0 saturated carbocycles. The number of hydrogen-bond acceptors (Lipinski definition) is 6. The molecule has 0 bridgehead atoms. The third-order valence-electron chi connectivity index (χ3n) is 6.16. The topological polar surface area (TPSA) is 102 Å². The maximum absolute atomic E-state index is 13.6. The first-order chi connectivity index (χ1) is 15.6. The number of piperidine rings is 1. The van der Waals surface area contributed by atoms with Gasteiger partial charge in [-0.2, -0.15) is 5.10 Å². The van der Waals surface area contributed by atoms with Crippen molar-refractivity contribution in [3.8, 4) is 0 Å². The predicted octanol–water partition coefficient (Wildman–Crippen LogP) is 1.27. The monoisotopic (exact) mass is 477 g/mol. The lowest BCUT2D eigenvalue weighted by atomic mass is 9.73. The van der Waals surface area contributed by atoms with E-state index < -0.39 is 21.5 Å². The van der Waals surface area contributed by atoms with Gasteiger partial charge in [0.15, 0.2) is 0 Å². The molecule has 1 aromatic carbocycles. The number of hydrogen-bond donors (Lipinski definition) is 1. The molecule has 2 aliphatic heterocycles. The Kier molecular flexibility index (Phi) is 7.92. The summed E-state index contributed by atoms with van der Waals surface area (Å²) in [5.41, 5.74) is 0.875. The van der Waals surface area contributed by atoms with Gasteiger partial charge >= 0.3 is 0 Å². The first-order valence-corrected chi connectivity index (χ1v) is 13.1. The van der Waals surface area contributed by atoms with Gasteiger partial charge in [-0.05, 0) is 32.5 Å². The number of likely N-dealkylation sites (tertiary alicyclic amines) is 1. The fourth-order valence-electron chi connectivity index (χ4n) is 4.67. The van der Waals surface area contributed by atoms with Crippen molar-refractivity contribution in [2.24, 2.45) is 10.5 Å². The maximum atomic E-state index is 13.6. The molecule has 2 unspecified atom stereocenters. The second-order valence-electron chi connectivity index (χ2n) is 9.27. The first kappa shape index (κ1) is 25.3. The molecule has 1 saturated heterocycles. The van der Waals surface area contributed by atoms with E-state index in [2.05, 4.69) is 9.82 Å². The van der Waals surface area contributed by atoms with Gasteiger partial charge in [-0.15, -0.1) is 0 Å². The van der Waals surface area contributed by atoms with Crippen molar-refractivity contribution in [3.05, 3.63) is 35.9 Å². The molecule has 2 amide bonds. The highest BCUT2D eigenvalue weighted by Crippen LogP contribution is 2.38. The molecule has 1 aromatic rings. The average molecular weight is 478 g/mol. The number of nitrogens with zero attached hydrogens (tertiary/aromatic N) is 4. The van der Waals surface area contributed by atoms with Crippen LogP contribution in [-0.2, 0) is 26.0 Å². The van der Waals surface area contributed by atoms with Crippen LogP contribution in [0.3, 0.4) is 0 Å². The molecule has 182 valence electrons. The minimum absolute atomic E-state index is 0.128. The van der Waals surface area contributed by atoms with E-state index in [4.69, 9.17) is 0 Å². The fourth-order valence-corrected chi connectivity index (χ4v) is 6.08. The number of benzene rings is 1. The van der Waals surface area contributed by atoms with Gasteiger partial charge in [-0.1, -0.05) is 50.1 Å². The SMILES string of the molecule is CCCCC(NS(=O)(=O)CN(C)C)C(=O)N1CCC2=NN(C)C(=O)C2(Cc2ccccc2)C1. The number of hydrazone groups is 1. The van der Waals surface area contributed by atoms with Crippen molar-refractivity contribution in [2.75, 3.05) is 40.1 Å². The minimum Gasteiger partial charge on any atom is -0.339 e. The van der Waals surface area contributed by atoms with Crippen LogP contribution in [0.5, 0.6) is 0 Å². The predicted molar refractivity (Wildman–Crippen MR) is 128 cm³/mol. The Morgan fingerprint density at radius 3 is 2.61 bits per heavy atom. The van der Waals surface area contributed by atoms with Gasteiger partial charge in [0.25, 0.3) is 5.91 Å². The summed E-state index contributed by atoms with van der Waals surface area (Å²) in [6.45, 7) is 2.61. The molecule has 1 N–H and O–H groups in total. The molecule has 3 rings (SSSR count). The number of carbonyl (C=O) groups excluding carboxylic acids is 2. The number of carbonyl (C=O) groups is 2. The summed E-state index contributed by atoms with van der Waals surface area (Å²) < 4.78 is 27.8. The molecular weight excluding hydrogens is 442 g/mol. The zero-order chi connectivity index (χ0) is 24.2. The number of sulfonamides is 1. The second kappa shape index (κ2) is 10.3. The Hall–Kier alpha value is -2.30. The van der Waals surface area contributed by atoms with Crippen molar-refractivity contribution in [1.29, 1.82) is 0 Å². The third kappa shape index (κ3) is 5.80. The van der Waals surface area contributed by atoms with E-state index in [1.807, 2.05) is 37.3 Å². The van der Waals surface area contributed by atoms with Gasteiger partial charge in [-0.25, -0.2) is 18.1 Å². The molecule has 2 atom stereocenters. The number of unbranched alkanes of at least 4 members (excludes halogenated alkanes) is 1. The van der Waals surface area contributed by atoms with Crippen LogP contribution in [0, 0.1) is 5.41 Å². The standard InChI is InChI=1S/C23H35N5O4S/c1-5-6-12-19(25-33(31,32)17-26(2)3)21(29)28-14-13-20-23(16-28,22(30)27(4)24-20)15-18-10-8-7-9-11-18/h7-11,19,25H,5-6,12-17H2,1-4H3. The molecular formula is C23H35N5O4S. The van der Waals surface area contributed by atoms with Gasteiger partial charge in [-0.3, -0.25) is 14.5 Å². The van der Waals surface area contributed by atoms with Crippen LogP contribution >= 0.6 is 0 Å². The van der Waals surface area contributed by atoms with Crippen molar-refractivity contribution in [3.63, 3.8) is 0 Å². The zero-order valence-electron chi connectivity index (χ0n) is 20.0.